The van der Waals surface area contributed by atoms with Gasteiger partial charge in [-0.25, -0.2) is 9.97 Å². The maximum Gasteiger partial charge on any atom is 0.173 e. The highest BCUT2D eigenvalue weighted by Gasteiger charge is 2.00. The van der Waals surface area contributed by atoms with Crippen molar-refractivity contribution in [2.75, 3.05) is 24.2 Å². The van der Waals surface area contributed by atoms with Gasteiger partial charge < -0.3 is 15.8 Å². The van der Waals surface area contributed by atoms with Gasteiger partial charge >= 0.3 is 0 Å². The highest BCUT2D eigenvalue weighted by molar-refractivity contribution is 6.31. The first kappa shape index (κ1) is 13.0. The molecule has 1 aromatic rings. The first-order valence-corrected chi connectivity index (χ1v) is 5.61. The van der Waals surface area contributed by atoms with Crippen LogP contribution in [0.4, 0.5) is 11.6 Å². The van der Waals surface area contributed by atoms with Gasteiger partial charge in [0.1, 0.15) is 5.82 Å². The van der Waals surface area contributed by atoms with Crippen LogP contribution in [0.5, 0.6) is 0 Å². The van der Waals surface area contributed by atoms with E-state index in [9.17, 15) is 0 Å². The number of halogens is 1. The van der Waals surface area contributed by atoms with E-state index in [4.69, 9.17) is 22.1 Å². The van der Waals surface area contributed by atoms with Crippen molar-refractivity contribution in [2.24, 2.45) is 0 Å². The van der Waals surface area contributed by atoms with Crippen LogP contribution in [-0.4, -0.2) is 29.2 Å². The molecule has 1 rings (SSSR count). The summed E-state index contributed by atoms with van der Waals surface area (Å²) in [5.74, 6) is 0.874. The Morgan fingerprint density at radius 3 is 2.94 bits per heavy atom. The molecule has 5 nitrogen and oxygen atoms in total. The molecule has 90 valence electrons. The summed E-state index contributed by atoms with van der Waals surface area (Å²) >= 11 is 5.73. The normalized spacial score (nSPS) is 10.8. The average Bonchev–Trinajstić information content (AvgIpc) is 2.22. The lowest BCUT2D eigenvalue weighted by molar-refractivity contribution is 0.0787. The highest BCUT2D eigenvalue weighted by Crippen LogP contribution is 2.14. The number of nitrogens with one attached hydrogen (secondary N) is 1. The predicted octanol–water partition coefficient (Wildman–Crippen LogP) is 1.94. The summed E-state index contributed by atoms with van der Waals surface area (Å²) in [6.45, 7) is 5.51. The molecule has 6 heteroatoms. The third-order valence-electron chi connectivity index (χ3n) is 1.83. The van der Waals surface area contributed by atoms with E-state index in [-0.39, 0.29) is 17.1 Å². The largest absolute Gasteiger partial charge is 0.381 e. The summed E-state index contributed by atoms with van der Waals surface area (Å²) < 4.78 is 5.40. The van der Waals surface area contributed by atoms with Crippen molar-refractivity contribution in [3.63, 3.8) is 0 Å². The van der Waals surface area contributed by atoms with Crippen molar-refractivity contribution in [2.45, 2.75) is 26.4 Å². The summed E-state index contributed by atoms with van der Waals surface area (Å²) in [6, 6.07) is 0. The second-order valence-electron chi connectivity index (χ2n) is 3.63. The van der Waals surface area contributed by atoms with E-state index in [2.05, 4.69) is 15.3 Å². The molecule has 16 heavy (non-hydrogen) atoms. The van der Waals surface area contributed by atoms with Crippen molar-refractivity contribution in [1.82, 2.24) is 9.97 Å². The number of nitrogens with zero attached hydrogens (tertiary/aromatic N) is 2. The Kier molecular flexibility index (Phi) is 5.28. The van der Waals surface area contributed by atoms with Crippen LogP contribution in [0.1, 0.15) is 20.3 Å². The Bertz CT molecular complexity index is 333. The Labute approximate surface area is 100 Å². The molecule has 0 spiro atoms. The quantitative estimate of drug-likeness (QED) is 0.749. The van der Waals surface area contributed by atoms with Gasteiger partial charge in [-0.1, -0.05) is 11.6 Å². The van der Waals surface area contributed by atoms with Gasteiger partial charge in [0.15, 0.2) is 11.0 Å². The zero-order valence-corrected chi connectivity index (χ0v) is 10.3. The van der Waals surface area contributed by atoms with Gasteiger partial charge in [-0.3, -0.25) is 0 Å². The van der Waals surface area contributed by atoms with Crippen LogP contribution in [0, 0.1) is 0 Å². The number of nitrogens with two attached hydrogens (primary N) is 1. The third-order valence-corrected chi connectivity index (χ3v) is 2.11. The molecular weight excluding hydrogens is 228 g/mol. The fraction of sp³-hybridized carbons (Fsp3) is 0.600. The van der Waals surface area contributed by atoms with Crippen LogP contribution >= 0.6 is 11.6 Å². The van der Waals surface area contributed by atoms with Crippen LogP contribution in [0.3, 0.4) is 0 Å². The van der Waals surface area contributed by atoms with Crippen LogP contribution in [-0.2, 0) is 4.74 Å². The molecule has 1 heterocycles. The first-order chi connectivity index (χ1) is 7.59. The Hall–Kier alpha value is -1.07. The minimum absolute atomic E-state index is 0.225. The molecule has 0 fully saturated rings. The fourth-order valence-electron chi connectivity index (χ4n) is 1.07. The Balaban J connectivity index is 2.24. The van der Waals surface area contributed by atoms with Gasteiger partial charge in [-0.2, -0.15) is 0 Å². The van der Waals surface area contributed by atoms with Crippen molar-refractivity contribution in [3.8, 4) is 0 Å². The molecule has 0 aliphatic rings. The molecular formula is C10H17ClN4O. The van der Waals surface area contributed by atoms with Crippen molar-refractivity contribution in [1.29, 1.82) is 0 Å². The van der Waals surface area contributed by atoms with E-state index >= 15 is 0 Å². The molecule has 0 aliphatic carbocycles. The summed E-state index contributed by atoms with van der Waals surface area (Å²) in [4.78, 5) is 7.93. The van der Waals surface area contributed by atoms with Gasteiger partial charge in [0.2, 0.25) is 0 Å². The smallest absolute Gasteiger partial charge is 0.173 e. The standard InChI is InChI=1S/C10H17ClN4O/c1-7(2)16-5-3-4-13-8-6-14-10(12)9(11)15-8/h6-7H,3-5H2,1-2H3,(H2,12,14)(H,13,15). The zero-order valence-electron chi connectivity index (χ0n) is 9.53. The lowest BCUT2D eigenvalue weighted by atomic mass is 10.4. The van der Waals surface area contributed by atoms with E-state index in [0.717, 1.165) is 19.6 Å². The number of hydrogen-bond acceptors (Lipinski definition) is 5. The highest BCUT2D eigenvalue weighted by atomic mass is 35.5. The van der Waals surface area contributed by atoms with Gasteiger partial charge in [-0.15, -0.1) is 0 Å². The van der Waals surface area contributed by atoms with E-state index in [1.54, 1.807) is 6.20 Å². The van der Waals surface area contributed by atoms with Crippen LogP contribution < -0.4 is 11.1 Å². The molecule has 0 bridgehead atoms. The second-order valence-corrected chi connectivity index (χ2v) is 3.99. The van der Waals surface area contributed by atoms with Crippen molar-refractivity contribution >= 4 is 23.2 Å². The van der Waals surface area contributed by atoms with Crippen LogP contribution in [0.15, 0.2) is 6.20 Å². The van der Waals surface area contributed by atoms with Gasteiger partial charge in [0, 0.05) is 13.2 Å². The molecule has 0 atom stereocenters. The molecule has 0 amide bonds. The van der Waals surface area contributed by atoms with Crippen LogP contribution in [0.2, 0.25) is 5.15 Å². The lowest BCUT2D eigenvalue weighted by Crippen LogP contribution is -2.10. The number of anilines is 2. The topological polar surface area (TPSA) is 73.1 Å². The Morgan fingerprint density at radius 1 is 1.56 bits per heavy atom. The number of hydrogen-bond donors (Lipinski definition) is 2. The van der Waals surface area contributed by atoms with Gasteiger partial charge in [-0.05, 0) is 20.3 Å². The molecule has 1 aromatic heterocycles. The Morgan fingerprint density at radius 2 is 2.31 bits per heavy atom. The molecule has 3 N–H and O–H groups in total. The van der Waals surface area contributed by atoms with Crippen LogP contribution in [0.25, 0.3) is 0 Å². The summed E-state index contributed by atoms with van der Waals surface area (Å²) in [5.41, 5.74) is 5.45. The number of aromatic nitrogens is 2. The van der Waals surface area contributed by atoms with Gasteiger partial charge in [0.25, 0.3) is 0 Å². The third kappa shape index (κ3) is 4.63. The molecule has 0 saturated heterocycles. The minimum Gasteiger partial charge on any atom is -0.381 e. The zero-order chi connectivity index (χ0) is 12.0. The monoisotopic (exact) mass is 244 g/mol. The average molecular weight is 245 g/mol. The van der Waals surface area contributed by atoms with E-state index in [1.165, 1.54) is 0 Å². The lowest BCUT2D eigenvalue weighted by Gasteiger charge is -2.08. The molecule has 0 saturated carbocycles. The molecule has 0 aliphatic heterocycles. The second kappa shape index (κ2) is 6.50. The van der Waals surface area contributed by atoms with Crippen molar-refractivity contribution in [3.05, 3.63) is 11.3 Å². The predicted molar refractivity (Wildman–Crippen MR) is 65.6 cm³/mol. The number of ether oxygens (including phenoxy) is 1. The molecule has 0 aromatic carbocycles. The first-order valence-electron chi connectivity index (χ1n) is 5.23. The molecule has 0 unspecified atom stereocenters. The minimum atomic E-state index is 0.225. The van der Waals surface area contributed by atoms with E-state index in [1.807, 2.05) is 13.8 Å². The fourth-order valence-corrected chi connectivity index (χ4v) is 1.21. The molecule has 0 radical (unpaired) electrons. The SMILES string of the molecule is CC(C)OCCCNc1cnc(N)c(Cl)n1. The van der Waals surface area contributed by atoms with Crippen molar-refractivity contribution < 1.29 is 4.74 Å². The van der Waals surface area contributed by atoms with Gasteiger partial charge in [0.05, 0.1) is 12.3 Å². The number of rotatable bonds is 6. The maximum atomic E-state index is 5.73. The van der Waals surface area contributed by atoms with E-state index < -0.39 is 0 Å². The summed E-state index contributed by atoms with van der Waals surface area (Å²) in [5, 5.41) is 3.32. The summed E-state index contributed by atoms with van der Waals surface area (Å²) in [7, 11) is 0. The van der Waals surface area contributed by atoms with E-state index in [0.29, 0.717) is 5.82 Å². The summed E-state index contributed by atoms with van der Waals surface area (Å²) in [6.07, 6.45) is 2.73. The maximum absolute atomic E-state index is 5.73. The number of nitrogen functional groups attached to an aromatic ring is 1.